The molecule has 1 amide bonds. The van der Waals surface area contributed by atoms with E-state index in [2.05, 4.69) is 9.84 Å². The highest BCUT2D eigenvalue weighted by atomic mass is 16.5. The van der Waals surface area contributed by atoms with Crippen molar-refractivity contribution in [3.8, 4) is 0 Å². The summed E-state index contributed by atoms with van der Waals surface area (Å²) in [7, 11) is 3.03. The number of aryl methyl sites for hydroxylation is 1. The molecular formula is C13H17N3O4. The largest absolute Gasteiger partial charge is 0.467 e. The second-order valence-electron chi connectivity index (χ2n) is 4.63. The Balaban J connectivity index is 2.09. The van der Waals surface area contributed by atoms with Gasteiger partial charge >= 0.3 is 5.97 Å². The molecule has 7 nitrogen and oxygen atoms in total. The molecule has 108 valence electrons. The van der Waals surface area contributed by atoms with E-state index in [0.717, 1.165) is 5.69 Å². The first kappa shape index (κ1) is 14.3. The van der Waals surface area contributed by atoms with Gasteiger partial charge in [-0.2, -0.15) is 5.10 Å². The highest BCUT2D eigenvalue weighted by Crippen LogP contribution is 2.19. The van der Waals surface area contributed by atoms with E-state index in [1.165, 1.54) is 18.1 Å². The highest BCUT2D eigenvalue weighted by molar-refractivity contribution is 5.95. The molecule has 2 heterocycles. The lowest BCUT2D eigenvalue weighted by Gasteiger charge is -2.20. The zero-order chi connectivity index (χ0) is 14.7. The number of carbonyl (C=O) groups excluding carboxylic acids is 2. The van der Waals surface area contributed by atoms with Crippen molar-refractivity contribution in [1.29, 1.82) is 0 Å². The molecule has 1 aliphatic heterocycles. The lowest BCUT2D eigenvalue weighted by Crippen LogP contribution is -2.40. The normalized spacial score (nSPS) is 22.4. The van der Waals surface area contributed by atoms with E-state index in [0.29, 0.717) is 0 Å². The van der Waals surface area contributed by atoms with Gasteiger partial charge in [0.15, 0.2) is 0 Å². The number of aliphatic hydroxyl groups excluding tert-OH is 1. The van der Waals surface area contributed by atoms with Gasteiger partial charge in [-0.1, -0.05) is 0 Å². The standard InChI is InChI=1S/C13H17N3O4/c1-15-9(5-6-14-15)3-4-12(18)16-8-10(17)7-11(16)13(19)20-2/h3-6,10-11,17H,7-8H2,1-2H3/b4-3+. The number of esters is 1. The summed E-state index contributed by atoms with van der Waals surface area (Å²) in [6, 6.07) is 1.04. The molecule has 1 N–H and O–H groups in total. The molecule has 2 rings (SSSR count). The Morgan fingerprint density at radius 3 is 2.90 bits per heavy atom. The molecule has 1 saturated heterocycles. The molecule has 1 aromatic heterocycles. The smallest absolute Gasteiger partial charge is 0.328 e. The molecule has 2 unspecified atom stereocenters. The van der Waals surface area contributed by atoms with E-state index in [4.69, 9.17) is 0 Å². The van der Waals surface area contributed by atoms with Crippen LogP contribution in [0.4, 0.5) is 0 Å². The minimum absolute atomic E-state index is 0.133. The third kappa shape index (κ3) is 2.88. The predicted molar refractivity (Wildman–Crippen MR) is 70.4 cm³/mol. The van der Waals surface area contributed by atoms with Crippen LogP contribution < -0.4 is 0 Å². The molecule has 1 aliphatic rings. The van der Waals surface area contributed by atoms with Gasteiger partial charge in [-0.05, 0) is 12.1 Å². The molecule has 0 radical (unpaired) electrons. The number of nitrogens with zero attached hydrogens (tertiary/aromatic N) is 3. The van der Waals surface area contributed by atoms with Crippen molar-refractivity contribution in [2.75, 3.05) is 13.7 Å². The number of likely N-dealkylation sites (tertiary alicyclic amines) is 1. The zero-order valence-electron chi connectivity index (χ0n) is 11.4. The number of hydrogen-bond donors (Lipinski definition) is 1. The van der Waals surface area contributed by atoms with Crippen LogP contribution in [0.25, 0.3) is 6.08 Å². The molecule has 0 bridgehead atoms. The Kier molecular flexibility index (Phi) is 4.19. The molecule has 0 saturated carbocycles. The molecule has 20 heavy (non-hydrogen) atoms. The van der Waals surface area contributed by atoms with Crippen molar-refractivity contribution >= 4 is 18.0 Å². The van der Waals surface area contributed by atoms with Gasteiger partial charge in [-0.3, -0.25) is 9.48 Å². The molecule has 0 aliphatic carbocycles. The molecular weight excluding hydrogens is 262 g/mol. The van der Waals surface area contributed by atoms with E-state index in [1.54, 1.807) is 30.1 Å². The third-order valence-electron chi connectivity index (χ3n) is 3.29. The van der Waals surface area contributed by atoms with E-state index in [1.807, 2.05) is 0 Å². The minimum Gasteiger partial charge on any atom is -0.467 e. The summed E-state index contributed by atoms with van der Waals surface area (Å²) in [5.74, 6) is -0.845. The van der Waals surface area contributed by atoms with E-state index in [-0.39, 0.29) is 18.9 Å². The summed E-state index contributed by atoms with van der Waals surface area (Å²) in [6.07, 6.45) is 4.12. The Labute approximate surface area is 116 Å². The van der Waals surface area contributed by atoms with Crippen LogP contribution in [-0.2, 0) is 21.4 Å². The van der Waals surface area contributed by atoms with Gasteiger partial charge in [-0.25, -0.2) is 4.79 Å². The summed E-state index contributed by atoms with van der Waals surface area (Å²) in [5, 5.41) is 13.6. The second-order valence-corrected chi connectivity index (χ2v) is 4.63. The number of ether oxygens (including phenoxy) is 1. The van der Waals surface area contributed by atoms with Crippen molar-refractivity contribution < 1.29 is 19.4 Å². The first-order valence-corrected chi connectivity index (χ1v) is 6.25. The van der Waals surface area contributed by atoms with E-state index in [9.17, 15) is 14.7 Å². The molecule has 1 aromatic rings. The van der Waals surface area contributed by atoms with Crippen LogP contribution in [0, 0.1) is 0 Å². The van der Waals surface area contributed by atoms with Crippen LogP contribution in [0.15, 0.2) is 18.3 Å². The molecule has 7 heteroatoms. The predicted octanol–water partition coefficient (Wildman–Crippen LogP) is -0.432. The lowest BCUT2D eigenvalue weighted by molar-refractivity contribution is -0.149. The first-order valence-electron chi connectivity index (χ1n) is 6.25. The fourth-order valence-electron chi connectivity index (χ4n) is 2.22. The van der Waals surface area contributed by atoms with Crippen molar-refractivity contribution in [1.82, 2.24) is 14.7 Å². The summed E-state index contributed by atoms with van der Waals surface area (Å²) < 4.78 is 6.28. The number of rotatable bonds is 3. The number of amides is 1. The molecule has 0 aromatic carbocycles. The van der Waals surface area contributed by atoms with Crippen LogP contribution >= 0.6 is 0 Å². The zero-order valence-corrected chi connectivity index (χ0v) is 11.4. The molecule has 2 atom stereocenters. The first-order chi connectivity index (χ1) is 9.52. The average Bonchev–Trinajstić information content (AvgIpc) is 3.01. The number of aromatic nitrogens is 2. The topological polar surface area (TPSA) is 84.7 Å². The fraction of sp³-hybridized carbons (Fsp3) is 0.462. The number of aliphatic hydroxyl groups is 1. The Morgan fingerprint density at radius 2 is 2.30 bits per heavy atom. The van der Waals surface area contributed by atoms with Crippen LogP contribution in [0.3, 0.4) is 0 Å². The Morgan fingerprint density at radius 1 is 1.55 bits per heavy atom. The van der Waals surface area contributed by atoms with Gasteiger partial charge in [-0.15, -0.1) is 0 Å². The van der Waals surface area contributed by atoms with Gasteiger partial charge in [0.1, 0.15) is 6.04 Å². The van der Waals surface area contributed by atoms with Gasteiger partial charge in [0.05, 0.1) is 18.9 Å². The van der Waals surface area contributed by atoms with Crippen molar-refractivity contribution in [3.05, 3.63) is 24.0 Å². The maximum absolute atomic E-state index is 12.1. The van der Waals surface area contributed by atoms with Gasteiger partial charge in [0.25, 0.3) is 0 Å². The Hall–Kier alpha value is -2.15. The maximum Gasteiger partial charge on any atom is 0.328 e. The molecule has 0 spiro atoms. The Bertz CT molecular complexity index is 537. The second kappa shape index (κ2) is 5.87. The summed E-state index contributed by atoms with van der Waals surface area (Å²) >= 11 is 0. The summed E-state index contributed by atoms with van der Waals surface area (Å²) in [6.45, 7) is 0.133. The van der Waals surface area contributed by atoms with Gasteiger partial charge < -0.3 is 14.7 Å². The van der Waals surface area contributed by atoms with Crippen molar-refractivity contribution in [2.45, 2.75) is 18.6 Å². The number of methoxy groups -OCH3 is 1. The van der Waals surface area contributed by atoms with E-state index < -0.39 is 18.1 Å². The highest BCUT2D eigenvalue weighted by Gasteiger charge is 2.38. The van der Waals surface area contributed by atoms with Crippen LogP contribution in [0.5, 0.6) is 0 Å². The number of hydrogen-bond acceptors (Lipinski definition) is 5. The molecule has 1 fully saturated rings. The van der Waals surface area contributed by atoms with Crippen LogP contribution in [-0.4, -0.2) is 57.5 Å². The minimum atomic E-state index is -0.723. The summed E-state index contributed by atoms with van der Waals surface area (Å²) in [5.41, 5.74) is 0.771. The number of β-amino-alcohol motifs (C(OH)–C–C–N with tert-alkyl or cyclic N) is 1. The van der Waals surface area contributed by atoms with Gasteiger partial charge in [0.2, 0.25) is 5.91 Å². The quantitative estimate of drug-likeness (QED) is 0.599. The summed E-state index contributed by atoms with van der Waals surface area (Å²) in [4.78, 5) is 25.0. The average molecular weight is 279 g/mol. The monoisotopic (exact) mass is 279 g/mol. The maximum atomic E-state index is 12.1. The van der Waals surface area contributed by atoms with Crippen LogP contribution in [0.1, 0.15) is 12.1 Å². The van der Waals surface area contributed by atoms with Crippen molar-refractivity contribution in [2.24, 2.45) is 7.05 Å². The fourth-order valence-corrected chi connectivity index (χ4v) is 2.22. The third-order valence-corrected chi connectivity index (χ3v) is 3.29. The van der Waals surface area contributed by atoms with Crippen LogP contribution in [0.2, 0.25) is 0 Å². The van der Waals surface area contributed by atoms with Gasteiger partial charge in [0, 0.05) is 32.3 Å². The van der Waals surface area contributed by atoms with E-state index >= 15 is 0 Å². The lowest BCUT2D eigenvalue weighted by atomic mass is 10.2. The number of carbonyl (C=O) groups is 2. The SMILES string of the molecule is COC(=O)C1CC(O)CN1C(=O)/C=C/c1ccnn1C. The van der Waals surface area contributed by atoms with Crippen molar-refractivity contribution in [3.63, 3.8) is 0 Å².